The maximum atomic E-state index is 13.7. The number of nitrogens with zero attached hydrogens (tertiary/aromatic N) is 2. The van der Waals surface area contributed by atoms with Crippen molar-refractivity contribution >= 4 is 35.3 Å². The van der Waals surface area contributed by atoms with Crippen molar-refractivity contribution in [2.45, 2.75) is 0 Å². The van der Waals surface area contributed by atoms with Crippen LogP contribution < -0.4 is 15.4 Å². The van der Waals surface area contributed by atoms with Crippen molar-refractivity contribution in [1.29, 1.82) is 0 Å². The number of hydrogen-bond acceptors (Lipinski definition) is 7. The van der Waals surface area contributed by atoms with Gasteiger partial charge in [-0.1, -0.05) is 12.1 Å². The van der Waals surface area contributed by atoms with Crippen LogP contribution in [0.15, 0.2) is 64.7 Å². The van der Waals surface area contributed by atoms with Gasteiger partial charge in [-0.2, -0.15) is 0 Å². The quantitative estimate of drug-likeness (QED) is 0.228. The Morgan fingerprint density at radius 1 is 1.23 bits per heavy atom. The summed E-state index contributed by atoms with van der Waals surface area (Å²) >= 11 is 0. The normalized spacial score (nSPS) is 14.2. The Labute approximate surface area is 196 Å². The molecule has 4 rings (SSSR count). The molecule has 0 spiro atoms. The number of methoxy groups -OCH3 is 1. The van der Waals surface area contributed by atoms with Crippen molar-refractivity contribution in [3.05, 3.63) is 82.0 Å². The van der Waals surface area contributed by atoms with E-state index in [1.165, 1.54) is 61.7 Å². The Bertz CT molecular complexity index is 1380. The summed E-state index contributed by atoms with van der Waals surface area (Å²) in [7, 11) is 1.40. The number of nitro groups is 1. The Morgan fingerprint density at radius 2 is 2.00 bits per heavy atom. The van der Waals surface area contributed by atoms with E-state index < -0.39 is 35.1 Å². The Morgan fingerprint density at radius 3 is 2.71 bits per heavy atom. The number of carbonyl (C=O) groups is 3. The molecular weight excluding hydrogens is 463 g/mol. The van der Waals surface area contributed by atoms with Gasteiger partial charge < -0.3 is 19.8 Å². The van der Waals surface area contributed by atoms with E-state index in [-0.39, 0.29) is 28.6 Å². The number of non-ortho nitro benzene ring substituents is 1. The first kappa shape index (κ1) is 23.2. The molecule has 0 atom stereocenters. The number of imide groups is 1. The molecule has 0 bridgehead atoms. The number of rotatable bonds is 7. The molecule has 0 aliphatic carbocycles. The monoisotopic (exact) mass is 480 g/mol. The van der Waals surface area contributed by atoms with Crippen molar-refractivity contribution in [2.24, 2.45) is 0 Å². The zero-order chi connectivity index (χ0) is 25.1. The number of benzene rings is 2. The molecular formula is C23H17FN4O7. The Balaban J connectivity index is 1.51. The number of urea groups is 1. The highest BCUT2D eigenvalue weighted by molar-refractivity contribution is 6.15. The second kappa shape index (κ2) is 9.47. The number of nitro benzene ring substituents is 1. The maximum Gasteiger partial charge on any atom is 0.329 e. The molecule has 0 unspecified atom stereocenters. The number of amides is 4. The summed E-state index contributed by atoms with van der Waals surface area (Å²) in [6.45, 7) is -0.634. The Kier molecular flexibility index (Phi) is 6.27. The van der Waals surface area contributed by atoms with Gasteiger partial charge in [-0.15, -0.1) is 0 Å². The second-order valence-corrected chi connectivity index (χ2v) is 7.25. The molecule has 11 nitrogen and oxygen atoms in total. The highest BCUT2D eigenvalue weighted by Crippen LogP contribution is 2.34. The topological polar surface area (TPSA) is 144 Å². The molecule has 1 aliphatic rings. The smallest absolute Gasteiger partial charge is 0.329 e. The number of anilines is 1. The van der Waals surface area contributed by atoms with Crippen LogP contribution in [-0.2, 0) is 9.59 Å². The van der Waals surface area contributed by atoms with E-state index in [0.717, 1.165) is 6.07 Å². The van der Waals surface area contributed by atoms with E-state index in [2.05, 4.69) is 10.6 Å². The molecule has 0 saturated carbocycles. The van der Waals surface area contributed by atoms with E-state index in [1.807, 2.05) is 0 Å². The van der Waals surface area contributed by atoms with E-state index in [9.17, 15) is 28.9 Å². The summed E-state index contributed by atoms with van der Waals surface area (Å²) in [5.74, 6) is -1.48. The number of carbonyl (C=O) groups excluding carboxylic acids is 3. The average Bonchev–Trinajstić information content (AvgIpc) is 3.40. The zero-order valence-corrected chi connectivity index (χ0v) is 18.1. The molecule has 2 heterocycles. The lowest BCUT2D eigenvalue weighted by Crippen LogP contribution is -2.38. The van der Waals surface area contributed by atoms with Crippen LogP contribution >= 0.6 is 0 Å². The van der Waals surface area contributed by atoms with Gasteiger partial charge in [0.15, 0.2) is 0 Å². The summed E-state index contributed by atoms with van der Waals surface area (Å²) in [6, 6.07) is 11.7. The number of hydrogen-bond donors (Lipinski definition) is 2. The SMILES string of the molecule is COc1ccc([N+](=O)[O-])cc1-c1ccc(/C=C2/NC(=O)N(CC(=O)Nc3ccccc3F)C2=O)o1. The van der Waals surface area contributed by atoms with Crippen LogP contribution in [0.4, 0.5) is 20.6 Å². The second-order valence-electron chi connectivity index (χ2n) is 7.25. The number of nitrogens with one attached hydrogen (secondary N) is 2. The van der Waals surface area contributed by atoms with Crippen LogP contribution in [-0.4, -0.2) is 41.3 Å². The molecule has 2 N–H and O–H groups in total. The fraction of sp³-hybridized carbons (Fsp3) is 0.0870. The predicted octanol–water partition coefficient (Wildman–Crippen LogP) is 3.53. The van der Waals surface area contributed by atoms with Gasteiger partial charge in [-0.3, -0.25) is 19.7 Å². The number of halogens is 1. The number of ether oxygens (including phenoxy) is 1. The van der Waals surface area contributed by atoms with Gasteiger partial charge >= 0.3 is 6.03 Å². The molecule has 1 fully saturated rings. The van der Waals surface area contributed by atoms with Gasteiger partial charge in [0.25, 0.3) is 11.6 Å². The molecule has 3 aromatic rings. The third-order valence-corrected chi connectivity index (χ3v) is 4.98. The van der Waals surface area contributed by atoms with Crippen LogP contribution in [0.3, 0.4) is 0 Å². The molecule has 0 radical (unpaired) electrons. The Hall–Kier alpha value is -5.00. The van der Waals surface area contributed by atoms with Gasteiger partial charge in [0, 0.05) is 18.2 Å². The van der Waals surface area contributed by atoms with Crippen molar-refractivity contribution in [3.63, 3.8) is 0 Å². The van der Waals surface area contributed by atoms with E-state index in [4.69, 9.17) is 9.15 Å². The minimum atomic E-state index is -0.836. The lowest BCUT2D eigenvalue weighted by Gasteiger charge is -2.12. The average molecular weight is 480 g/mol. The van der Waals surface area contributed by atoms with Crippen LogP contribution in [0.2, 0.25) is 0 Å². The van der Waals surface area contributed by atoms with Crippen LogP contribution in [0, 0.1) is 15.9 Å². The van der Waals surface area contributed by atoms with E-state index in [1.54, 1.807) is 0 Å². The van der Waals surface area contributed by atoms with Crippen molar-refractivity contribution in [2.75, 3.05) is 19.0 Å². The third kappa shape index (κ3) is 4.85. The lowest BCUT2D eigenvalue weighted by molar-refractivity contribution is -0.384. The molecule has 12 heteroatoms. The van der Waals surface area contributed by atoms with Gasteiger partial charge in [0.05, 0.1) is 23.3 Å². The van der Waals surface area contributed by atoms with Crippen LogP contribution in [0.1, 0.15) is 5.76 Å². The first-order chi connectivity index (χ1) is 16.8. The van der Waals surface area contributed by atoms with Crippen molar-refractivity contribution < 1.29 is 32.9 Å². The van der Waals surface area contributed by atoms with Crippen LogP contribution in [0.5, 0.6) is 5.75 Å². The number of para-hydroxylation sites is 1. The fourth-order valence-corrected chi connectivity index (χ4v) is 3.33. The van der Waals surface area contributed by atoms with Gasteiger partial charge in [-0.05, 0) is 30.3 Å². The number of furan rings is 1. The molecule has 178 valence electrons. The molecule has 1 aromatic heterocycles. The van der Waals surface area contributed by atoms with Crippen molar-refractivity contribution in [3.8, 4) is 17.1 Å². The molecule has 4 amide bonds. The fourth-order valence-electron chi connectivity index (χ4n) is 3.33. The minimum absolute atomic E-state index is 0.0833. The van der Waals surface area contributed by atoms with Crippen LogP contribution in [0.25, 0.3) is 17.4 Å². The van der Waals surface area contributed by atoms with Gasteiger partial charge in [-0.25, -0.2) is 14.1 Å². The molecule has 2 aromatic carbocycles. The molecule has 1 saturated heterocycles. The van der Waals surface area contributed by atoms with E-state index in [0.29, 0.717) is 16.2 Å². The summed E-state index contributed by atoms with van der Waals surface area (Å²) in [6.07, 6.45) is 1.25. The standard InChI is InChI=1S/C23H17FN4O7/c1-34-19-8-6-13(28(32)33)10-15(19)20-9-7-14(35-20)11-18-22(30)27(23(31)26-18)12-21(29)25-17-5-3-2-4-16(17)24/h2-11H,12H2,1H3,(H,25,29)(H,26,31)/b18-11+. The largest absolute Gasteiger partial charge is 0.496 e. The van der Waals surface area contributed by atoms with Crippen molar-refractivity contribution in [1.82, 2.24) is 10.2 Å². The van der Waals surface area contributed by atoms with Gasteiger partial charge in [0.1, 0.15) is 35.3 Å². The summed E-state index contributed by atoms with van der Waals surface area (Å²) in [5.41, 5.74) is -0.0835. The highest BCUT2D eigenvalue weighted by atomic mass is 19.1. The highest BCUT2D eigenvalue weighted by Gasteiger charge is 2.35. The molecule has 1 aliphatic heterocycles. The maximum absolute atomic E-state index is 13.7. The molecule has 35 heavy (non-hydrogen) atoms. The summed E-state index contributed by atoms with van der Waals surface area (Å²) < 4.78 is 24.6. The summed E-state index contributed by atoms with van der Waals surface area (Å²) in [4.78, 5) is 48.3. The predicted molar refractivity (Wildman–Crippen MR) is 121 cm³/mol. The summed E-state index contributed by atoms with van der Waals surface area (Å²) in [5, 5.41) is 15.8. The van der Waals surface area contributed by atoms with Gasteiger partial charge in [0.2, 0.25) is 5.91 Å². The zero-order valence-electron chi connectivity index (χ0n) is 18.1. The van der Waals surface area contributed by atoms with E-state index >= 15 is 0 Å². The third-order valence-electron chi connectivity index (χ3n) is 4.98. The first-order valence-electron chi connectivity index (χ1n) is 10.1. The minimum Gasteiger partial charge on any atom is -0.496 e. The lowest BCUT2D eigenvalue weighted by atomic mass is 10.1. The first-order valence-corrected chi connectivity index (χ1v) is 10.1.